The van der Waals surface area contributed by atoms with Gasteiger partial charge in [0.15, 0.2) is 11.5 Å². The van der Waals surface area contributed by atoms with Crippen LogP contribution in [0.15, 0.2) is 42.5 Å². The van der Waals surface area contributed by atoms with E-state index in [1.165, 1.54) is 6.92 Å². The molecule has 1 unspecified atom stereocenters. The summed E-state index contributed by atoms with van der Waals surface area (Å²) in [7, 11) is 0. The Hall–Kier alpha value is -3.52. The lowest BCUT2D eigenvalue weighted by Crippen LogP contribution is -2.34. The summed E-state index contributed by atoms with van der Waals surface area (Å²) in [4.78, 5) is 24.6. The number of ether oxygens (including phenoxy) is 2. The van der Waals surface area contributed by atoms with E-state index in [9.17, 15) is 14.7 Å². The molecule has 8 nitrogen and oxygen atoms in total. The maximum Gasteiger partial charge on any atom is 0.235 e. The van der Waals surface area contributed by atoms with Crippen LogP contribution in [-0.4, -0.2) is 40.9 Å². The van der Waals surface area contributed by atoms with E-state index in [0.29, 0.717) is 18.0 Å². The molecule has 0 bridgehead atoms. The van der Waals surface area contributed by atoms with Crippen LogP contribution < -0.4 is 20.1 Å². The van der Waals surface area contributed by atoms with Crippen LogP contribution in [0.4, 0.5) is 5.69 Å². The van der Waals surface area contributed by atoms with Crippen molar-refractivity contribution < 1.29 is 27.0 Å². The number of carbonyl (C=O) groups excluding carboxylic acids is 2. The van der Waals surface area contributed by atoms with E-state index < -0.39 is 11.5 Å². The number of rotatable bonds is 7. The lowest BCUT2D eigenvalue weighted by Gasteiger charge is -2.24. The van der Waals surface area contributed by atoms with Gasteiger partial charge in [0.1, 0.15) is 0 Å². The van der Waals surface area contributed by atoms with Crippen molar-refractivity contribution >= 4 is 28.4 Å². The summed E-state index contributed by atoms with van der Waals surface area (Å²) in [5.74, 6) is 1.20. The van der Waals surface area contributed by atoms with Crippen molar-refractivity contribution in [1.29, 1.82) is 0 Å². The second-order valence-corrected chi connectivity index (χ2v) is 10.9. The average Bonchev–Trinajstić information content (AvgIpc) is 3.36. The van der Waals surface area contributed by atoms with E-state index in [1.807, 2.05) is 36.4 Å². The van der Waals surface area contributed by atoms with Gasteiger partial charge < -0.3 is 29.8 Å². The fourth-order valence-electron chi connectivity index (χ4n) is 4.92. The van der Waals surface area contributed by atoms with E-state index in [0.717, 1.165) is 40.7 Å². The monoisotopic (exact) mass is 495 g/mol. The minimum atomic E-state index is -0.721. The highest BCUT2D eigenvalue weighted by molar-refractivity contribution is 6.02. The number of nitrogens with zero attached hydrogens (tertiary/aromatic N) is 1. The Balaban J connectivity index is 0.00000200. The molecule has 3 N–H and O–H groups in total. The van der Waals surface area contributed by atoms with Gasteiger partial charge in [-0.1, -0.05) is 26.8 Å². The topological polar surface area (TPSA) is 102 Å². The lowest BCUT2D eigenvalue weighted by atomic mass is 9.92. The molecule has 1 aromatic heterocycles. The van der Waals surface area contributed by atoms with E-state index in [2.05, 4.69) is 42.0 Å². The summed E-state index contributed by atoms with van der Waals surface area (Å²) in [5, 5.41) is 17.3. The molecule has 8 heteroatoms. The van der Waals surface area contributed by atoms with Gasteiger partial charge in [-0.15, -0.1) is 0 Å². The van der Waals surface area contributed by atoms with Crippen LogP contribution in [0, 0.1) is 0 Å². The number of amides is 2. The highest BCUT2D eigenvalue weighted by atomic mass is 16.7. The third kappa shape index (κ3) is 4.53. The van der Waals surface area contributed by atoms with E-state index in [-0.39, 0.29) is 33.4 Å². The zero-order valence-electron chi connectivity index (χ0n) is 21.2. The molecule has 0 saturated heterocycles. The molecule has 1 atom stereocenters. The van der Waals surface area contributed by atoms with Crippen LogP contribution in [-0.2, 0) is 27.0 Å². The Morgan fingerprint density at radius 1 is 1.11 bits per heavy atom. The SMILES string of the molecule is CC(=O)NCC(O)Cn1c(C(C)(C)C)cc2cc(NC(=O)C3(c4ccc5c(c4)OCO5)CC3)ccc21.[HH].[HH]. The number of anilines is 1. The van der Waals surface area contributed by atoms with Crippen LogP contribution >= 0.6 is 0 Å². The molecule has 1 fully saturated rings. The minimum absolute atomic E-state index is 0. The summed E-state index contributed by atoms with van der Waals surface area (Å²) in [5.41, 5.74) is 3.01. The molecule has 2 amide bonds. The molecule has 2 aromatic carbocycles. The minimum Gasteiger partial charge on any atom is -0.454 e. The first-order valence-corrected chi connectivity index (χ1v) is 12.3. The molecule has 194 valence electrons. The molecule has 1 saturated carbocycles. The summed E-state index contributed by atoms with van der Waals surface area (Å²) in [6, 6.07) is 13.7. The standard InChI is InChI=1S/C28H33N3O5.2H2/c1-17(32)29-14-21(33)15-31-22-7-6-20(11-18(22)12-25(31)27(2,3)4)30-26(34)28(9-10-28)19-5-8-23-24(13-19)36-16-35-23;;/h5-8,11-13,21,33H,9-10,14-16H2,1-4H3,(H,29,32)(H,30,34);2*1H. The van der Waals surface area contributed by atoms with E-state index >= 15 is 0 Å². The molecule has 3 aromatic rings. The van der Waals surface area contributed by atoms with Crippen molar-refractivity contribution in [3.63, 3.8) is 0 Å². The zero-order valence-corrected chi connectivity index (χ0v) is 21.2. The maximum atomic E-state index is 13.4. The first-order chi connectivity index (χ1) is 17.1. The van der Waals surface area contributed by atoms with Crippen molar-refractivity contribution in [2.24, 2.45) is 0 Å². The van der Waals surface area contributed by atoms with Gasteiger partial charge in [-0.05, 0) is 54.8 Å². The Kier molecular flexibility index (Phi) is 5.95. The summed E-state index contributed by atoms with van der Waals surface area (Å²) < 4.78 is 13.0. The first-order valence-electron chi connectivity index (χ1n) is 12.3. The second kappa shape index (κ2) is 8.85. The molecule has 36 heavy (non-hydrogen) atoms. The molecule has 5 rings (SSSR count). The molecule has 2 aliphatic rings. The van der Waals surface area contributed by atoms with Crippen LogP contribution in [0.1, 0.15) is 54.6 Å². The molecule has 1 aliphatic carbocycles. The van der Waals surface area contributed by atoms with E-state index in [4.69, 9.17) is 9.47 Å². The van der Waals surface area contributed by atoms with Crippen LogP contribution in [0.5, 0.6) is 11.5 Å². The molecule has 0 spiro atoms. The van der Waals surface area contributed by atoms with Gasteiger partial charge in [-0.25, -0.2) is 0 Å². The highest BCUT2D eigenvalue weighted by Crippen LogP contribution is 2.51. The molecule has 2 heterocycles. The fourth-order valence-corrected chi connectivity index (χ4v) is 4.92. The molecular weight excluding hydrogens is 458 g/mol. The number of hydrogen-bond donors (Lipinski definition) is 3. The van der Waals surface area contributed by atoms with Crippen molar-refractivity contribution in [3.05, 3.63) is 53.7 Å². The first kappa shape index (κ1) is 24.2. The third-order valence-electron chi connectivity index (χ3n) is 7.02. The fraction of sp³-hybridized carbons (Fsp3) is 0.429. The smallest absolute Gasteiger partial charge is 0.235 e. The van der Waals surface area contributed by atoms with Gasteiger partial charge in [-0.2, -0.15) is 0 Å². The van der Waals surface area contributed by atoms with Gasteiger partial charge >= 0.3 is 0 Å². The van der Waals surface area contributed by atoms with Gasteiger partial charge in [0, 0.05) is 44.0 Å². The Morgan fingerprint density at radius 3 is 2.56 bits per heavy atom. The normalized spacial score (nSPS) is 16.6. The largest absolute Gasteiger partial charge is 0.454 e. The Bertz CT molecular complexity index is 1340. The van der Waals surface area contributed by atoms with E-state index in [1.54, 1.807) is 0 Å². The number of aromatic nitrogens is 1. The van der Waals surface area contributed by atoms with Gasteiger partial charge in [0.2, 0.25) is 18.6 Å². The predicted octanol–water partition coefficient (Wildman–Crippen LogP) is 4.33. The van der Waals surface area contributed by atoms with Crippen LogP contribution in [0.3, 0.4) is 0 Å². The average molecular weight is 496 g/mol. The van der Waals surface area contributed by atoms with Crippen molar-refractivity contribution in [1.82, 2.24) is 9.88 Å². The zero-order chi connectivity index (χ0) is 25.7. The van der Waals surface area contributed by atoms with Crippen LogP contribution in [0.25, 0.3) is 10.9 Å². The number of nitrogens with one attached hydrogen (secondary N) is 2. The maximum absolute atomic E-state index is 13.4. The van der Waals surface area contributed by atoms with Crippen molar-refractivity contribution in [3.8, 4) is 11.5 Å². The number of hydrogen-bond acceptors (Lipinski definition) is 5. The number of benzene rings is 2. The number of fused-ring (bicyclic) bond motifs is 2. The predicted molar refractivity (Wildman–Crippen MR) is 142 cm³/mol. The van der Waals surface area contributed by atoms with Gasteiger partial charge in [0.25, 0.3) is 0 Å². The third-order valence-corrected chi connectivity index (χ3v) is 7.02. The molecule has 1 aliphatic heterocycles. The second-order valence-electron chi connectivity index (χ2n) is 10.9. The quantitative estimate of drug-likeness (QED) is 0.453. The molecular formula is C28H37N3O5. The number of aliphatic hydroxyl groups is 1. The van der Waals surface area contributed by atoms with Crippen LogP contribution in [0.2, 0.25) is 0 Å². The summed E-state index contributed by atoms with van der Waals surface area (Å²) >= 11 is 0. The summed E-state index contributed by atoms with van der Waals surface area (Å²) in [6.07, 6.45) is 0.857. The molecule has 0 radical (unpaired) electrons. The number of carbonyl (C=O) groups is 2. The van der Waals surface area contributed by atoms with Gasteiger partial charge in [0.05, 0.1) is 18.1 Å². The highest BCUT2D eigenvalue weighted by Gasteiger charge is 2.51. The van der Waals surface area contributed by atoms with Crippen molar-refractivity contribution in [2.45, 2.75) is 64.0 Å². The van der Waals surface area contributed by atoms with Crippen molar-refractivity contribution in [2.75, 3.05) is 18.7 Å². The van der Waals surface area contributed by atoms with Gasteiger partial charge in [-0.3, -0.25) is 9.59 Å². The Morgan fingerprint density at radius 2 is 1.86 bits per heavy atom. The number of aliphatic hydroxyl groups excluding tert-OH is 1. The Labute approximate surface area is 213 Å². The summed E-state index contributed by atoms with van der Waals surface area (Å²) in [6.45, 7) is 8.57. The lowest BCUT2D eigenvalue weighted by molar-refractivity contribution is -0.119.